The number of nitrogens with one attached hydrogen (secondary N) is 3. The quantitative estimate of drug-likeness (QED) is 0.788. The third-order valence-electron chi connectivity index (χ3n) is 3.25. The first kappa shape index (κ1) is 16.8. The van der Waals surface area contributed by atoms with E-state index in [0.29, 0.717) is 17.3 Å². The Kier molecular flexibility index (Phi) is 6.00. The summed E-state index contributed by atoms with van der Waals surface area (Å²) in [7, 11) is 0. The number of amides is 3. The SMILES string of the molecule is Cc1c(Cl)cccc1NC(=O)CNC(=O)NCc1ccccc1. The van der Waals surface area contributed by atoms with Crippen LogP contribution in [0.25, 0.3) is 0 Å². The van der Waals surface area contributed by atoms with Crippen molar-refractivity contribution in [1.82, 2.24) is 10.6 Å². The smallest absolute Gasteiger partial charge is 0.315 e. The molecule has 5 nitrogen and oxygen atoms in total. The summed E-state index contributed by atoms with van der Waals surface area (Å²) in [6.45, 7) is 2.10. The topological polar surface area (TPSA) is 70.2 Å². The fourth-order valence-corrected chi connectivity index (χ4v) is 2.11. The molecule has 2 rings (SSSR count). The van der Waals surface area contributed by atoms with Crippen LogP contribution >= 0.6 is 11.6 Å². The van der Waals surface area contributed by atoms with Crippen LogP contribution in [0, 0.1) is 6.92 Å². The number of carbonyl (C=O) groups is 2. The average Bonchev–Trinajstić information content (AvgIpc) is 2.56. The van der Waals surface area contributed by atoms with Gasteiger partial charge in [-0.1, -0.05) is 48.0 Å². The van der Waals surface area contributed by atoms with Gasteiger partial charge in [0.25, 0.3) is 0 Å². The van der Waals surface area contributed by atoms with E-state index in [1.54, 1.807) is 18.2 Å². The van der Waals surface area contributed by atoms with Crippen molar-refractivity contribution in [1.29, 1.82) is 0 Å². The van der Waals surface area contributed by atoms with E-state index in [1.165, 1.54) is 0 Å². The molecule has 0 saturated heterocycles. The van der Waals surface area contributed by atoms with E-state index in [4.69, 9.17) is 11.6 Å². The molecule has 0 aliphatic carbocycles. The lowest BCUT2D eigenvalue weighted by atomic mass is 10.2. The van der Waals surface area contributed by atoms with Gasteiger partial charge in [-0.25, -0.2) is 4.79 Å². The third-order valence-corrected chi connectivity index (χ3v) is 3.66. The van der Waals surface area contributed by atoms with E-state index in [-0.39, 0.29) is 12.5 Å². The Hall–Kier alpha value is -2.53. The molecular formula is C17H18ClN3O2. The van der Waals surface area contributed by atoms with Crippen molar-refractivity contribution in [2.24, 2.45) is 0 Å². The van der Waals surface area contributed by atoms with Crippen molar-refractivity contribution in [3.05, 3.63) is 64.7 Å². The average molecular weight is 332 g/mol. The zero-order valence-corrected chi connectivity index (χ0v) is 13.5. The fraction of sp³-hybridized carbons (Fsp3) is 0.176. The van der Waals surface area contributed by atoms with Crippen LogP contribution in [0.1, 0.15) is 11.1 Å². The molecule has 2 aromatic rings. The molecule has 0 spiro atoms. The lowest BCUT2D eigenvalue weighted by molar-refractivity contribution is -0.115. The van der Waals surface area contributed by atoms with Gasteiger partial charge in [0.2, 0.25) is 5.91 Å². The predicted octanol–water partition coefficient (Wildman–Crippen LogP) is 3.09. The minimum Gasteiger partial charge on any atom is -0.334 e. The first-order chi connectivity index (χ1) is 11.1. The molecule has 0 aromatic heterocycles. The molecule has 0 saturated carbocycles. The van der Waals surface area contributed by atoms with Crippen LogP contribution in [-0.2, 0) is 11.3 Å². The maximum absolute atomic E-state index is 11.9. The summed E-state index contributed by atoms with van der Waals surface area (Å²) in [5.74, 6) is -0.315. The molecule has 0 heterocycles. The maximum atomic E-state index is 11.9. The molecule has 3 N–H and O–H groups in total. The van der Waals surface area contributed by atoms with Crippen LogP contribution in [0.5, 0.6) is 0 Å². The van der Waals surface area contributed by atoms with Crippen LogP contribution in [0.3, 0.4) is 0 Å². The molecular weight excluding hydrogens is 314 g/mol. The molecule has 0 unspecified atom stereocenters. The Morgan fingerprint density at radius 2 is 1.74 bits per heavy atom. The standard InChI is InChI=1S/C17H18ClN3O2/c1-12-14(18)8-5-9-15(12)21-16(22)11-20-17(23)19-10-13-6-3-2-4-7-13/h2-9H,10-11H2,1H3,(H,21,22)(H2,19,20,23). The van der Waals surface area contributed by atoms with Crippen molar-refractivity contribution in [2.75, 3.05) is 11.9 Å². The highest BCUT2D eigenvalue weighted by Crippen LogP contribution is 2.22. The Balaban J connectivity index is 1.75. The Morgan fingerprint density at radius 1 is 1.00 bits per heavy atom. The minimum absolute atomic E-state index is 0.118. The van der Waals surface area contributed by atoms with Gasteiger partial charge in [0.05, 0.1) is 6.54 Å². The lowest BCUT2D eigenvalue weighted by Gasteiger charge is -2.11. The summed E-state index contributed by atoms with van der Waals surface area (Å²) in [6.07, 6.45) is 0. The summed E-state index contributed by atoms with van der Waals surface area (Å²) in [5, 5.41) is 8.49. The van der Waals surface area contributed by atoms with Crippen LogP contribution in [0.4, 0.5) is 10.5 Å². The Morgan fingerprint density at radius 3 is 2.48 bits per heavy atom. The monoisotopic (exact) mass is 331 g/mol. The second-order valence-corrected chi connectivity index (χ2v) is 5.39. The van der Waals surface area contributed by atoms with Crippen LogP contribution in [0.2, 0.25) is 5.02 Å². The van der Waals surface area contributed by atoms with Gasteiger partial charge in [0.15, 0.2) is 0 Å². The highest BCUT2D eigenvalue weighted by Gasteiger charge is 2.08. The molecule has 0 atom stereocenters. The molecule has 2 aromatic carbocycles. The summed E-state index contributed by atoms with van der Waals surface area (Å²) in [5.41, 5.74) is 2.41. The molecule has 6 heteroatoms. The van der Waals surface area contributed by atoms with Crippen LogP contribution in [-0.4, -0.2) is 18.5 Å². The van der Waals surface area contributed by atoms with Gasteiger partial charge in [0, 0.05) is 17.3 Å². The number of hydrogen-bond donors (Lipinski definition) is 3. The van der Waals surface area contributed by atoms with E-state index in [1.807, 2.05) is 37.3 Å². The second-order valence-electron chi connectivity index (χ2n) is 4.98. The number of hydrogen-bond acceptors (Lipinski definition) is 2. The van der Waals surface area contributed by atoms with Crippen LogP contribution < -0.4 is 16.0 Å². The molecule has 120 valence electrons. The van der Waals surface area contributed by atoms with Gasteiger partial charge in [0.1, 0.15) is 0 Å². The second kappa shape index (κ2) is 8.19. The van der Waals surface area contributed by atoms with E-state index < -0.39 is 6.03 Å². The number of benzene rings is 2. The van der Waals surface area contributed by atoms with Crippen molar-refractivity contribution in [3.63, 3.8) is 0 Å². The summed E-state index contributed by atoms with van der Waals surface area (Å²) in [6, 6.07) is 14.4. The molecule has 0 aliphatic heterocycles. The zero-order valence-electron chi connectivity index (χ0n) is 12.7. The van der Waals surface area contributed by atoms with Crippen molar-refractivity contribution in [2.45, 2.75) is 13.5 Å². The normalized spacial score (nSPS) is 10.0. The van der Waals surface area contributed by atoms with Crippen LogP contribution in [0.15, 0.2) is 48.5 Å². The van der Waals surface area contributed by atoms with E-state index in [0.717, 1.165) is 11.1 Å². The maximum Gasteiger partial charge on any atom is 0.315 e. The lowest BCUT2D eigenvalue weighted by Crippen LogP contribution is -2.39. The van der Waals surface area contributed by atoms with E-state index in [9.17, 15) is 9.59 Å². The predicted molar refractivity (Wildman–Crippen MR) is 91.5 cm³/mol. The highest BCUT2D eigenvalue weighted by atomic mass is 35.5. The van der Waals surface area contributed by atoms with Gasteiger partial charge in [-0.2, -0.15) is 0 Å². The summed E-state index contributed by atoms with van der Waals surface area (Å²) >= 11 is 5.99. The van der Waals surface area contributed by atoms with Gasteiger partial charge in [-0.15, -0.1) is 0 Å². The largest absolute Gasteiger partial charge is 0.334 e. The molecule has 0 radical (unpaired) electrons. The Labute approximate surface area is 140 Å². The van der Waals surface area contributed by atoms with Crippen molar-refractivity contribution in [3.8, 4) is 0 Å². The third kappa shape index (κ3) is 5.30. The van der Waals surface area contributed by atoms with E-state index in [2.05, 4.69) is 16.0 Å². The van der Waals surface area contributed by atoms with Gasteiger partial charge in [-0.05, 0) is 30.2 Å². The molecule has 23 heavy (non-hydrogen) atoms. The molecule has 0 fully saturated rings. The number of halogens is 1. The van der Waals surface area contributed by atoms with Gasteiger partial charge < -0.3 is 16.0 Å². The molecule has 3 amide bonds. The number of urea groups is 1. The number of carbonyl (C=O) groups excluding carboxylic acids is 2. The van der Waals surface area contributed by atoms with Gasteiger partial charge in [-0.3, -0.25) is 4.79 Å². The highest BCUT2D eigenvalue weighted by molar-refractivity contribution is 6.31. The molecule has 0 aliphatic rings. The number of anilines is 1. The first-order valence-corrected chi connectivity index (χ1v) is 7.54. The van der Waals surface area contributed by atoms with Crippen molar-refractivity contribution < 1.29 is 9.59 Å². The number of rotatable bonds is 5. The Bertz CT molecular complexity index is 689. The summed E-state index contributed by atoms with van der Waals surface area (Å²) < 4.78 is 0. The minimum atomic E-state index is -0.396. The fourth-order valence-electron chi connectivity index (χ4n) is 1.94. The van der Waals surface area contributed by atoms with Gasteiger partial charge >= 0.3 is 6.03 Å². The first-order valence-electron chi connectivity index (χ1n) is 7.17. The summed E-state index contributed by atoms with van der Waals surface area (Å²) in [4.78, 5) is 23.5. The van der Waals surface area contributed by atoms with Crippen molar-refractivity contribution >= 4 is 29.2 Å². The van der Waals surface area contributed by atoms with E-state index >= 15 is 0 Å². The zero-order chi connectivity index (χ0) is 16.7. The molecule has 0 bridgehead atoms.